The first kappa shape index (κ1) is 12.1. The number of anilines is 2. The Balaban J connectivity index is 2.38. The fraction of sp³-hybridized carbons (Fsp3) is 0.500. The van der Waals surface area contributed by atoms with E-state index < -0.39 is 0 Å². The Kier molecular flexibility index (Phi) is 2.95. The average molecular weight is 250 g/mol. The second kappa shape index (κ2) is 4.14. The molecule has 2 aromatic heterocycles. The molecule has 0 amide bonds. The molecule has 2 aromatic rings. The van der Waals surface area contributed by atoms with Gasteiger partial charge in [0.2, 0.25) is 5.95 Å². The molecule has 0 spiro atoms. The summed E-state index contributed by atoms with van der Waals surface area (Å²) in [7, 11) is 0. The Morgan fingerprint density at radius 3 is 2.71 bits per heavy atom. The van der Waals surface area contributed by atoms with Crippen molar-refractivity contribution in [1.29, 1.82) is 0 Å². The quantitative estimate of drug-likeness (QED) is 0.860. The van der Waals surface area contributed by atoms with Gasteiger partial charge >= 0.3 is 0 Å². The number of nitrogens with two attached hydrogens (primary N) is 1. The van der Waals surface area contributed by atoms with Crippen molar-refractivity contribution in [1.82, 2.24) is 9.97 Å². The summed E-state index contributed by atoms with van der Waals surface area (Å²) >= 11 is 1.64. The number of hydrogen-bond acceptors (Lipinski definition) is 5. The number of nitrogen functional groups attached to an aromatic ring is 1. The smallest absolute Gasteiger partial charge is 0.223 e. The van der Waals surface area contributed by atoms with Gasteiger partial charge in [0, 0.05) is 11.4 Å². The van der Waals surface area contributed by atoms with Gasteiger partial charge in [0.05, 0.1) is 5.39 Å². The van der Waals surface area contributed by atoms with E-state index in [-0.39, 0.29) is 5.41 Å². The van der Waals surface area contributed by atoms with Crippen molar-refractivity contribution >= 4 is 33.3 Å². The molecule has 0 aromatic carbocycles. The first-order valence-corrected chi connectivity index (χ1v) is 6.44. The van der Waals surface area contributed by atoms with E-state index in [1.165, 1.54) is 4.88 Å². The molecular formula is C12H18N4S. The van der Waals surface area contributed by atoms with Gasteiger partial charge in [0.25, 0.3) is 0 Å². The maximum Gasteiger partial charge on any atom is 0.223 e. The molecule has 0 aliphatic heterocycles. The molecule has 0 aliphatic rings. The highest BCUT2D eigenvalue weighted by atomic mass is 32.1. The van der Waals surface area contributed by atoms with E-state index in [9.17, 15) is 0 Å². The SMILES string of the molecule is Cc1cc2c(NCC(C)(C)C)nc(N)nc2s1. The van der Waals surface area contributed by atoms with Gasteiger partial charge in [0.15, 0.2) is 0 Å². The van der Waals surface area contributed by atoms with Crippen LogP contribution >= 0.6 is 11.3 Å². The van der Waals surface area contributed by atoms with Crippen molar-refractivity contribution in [2.45, 2.75) is 27.7 Å². The molecule has 3 N–H and O–H groups in total. The molecule has 92 valence electrons. The zero-order valence-corrected chi connectivity index (χ0v) is 11.5. The largest absolute Gasteiger partial charge is 0.369 e. The third kappa shape index (κ3) is 2.85. The summed E-state index contributed by atoms with van der Waals surface area (Å²) in [4.78, 5) is 10.7. The van der Waals surface area contributed by atoms with Crippen LogP contribution in [0.2, 0.25) is 0 Å². The van der Waals surface area contributed by atoms with Gasteiger partial charge in [-0.2, -0.15) is 4.98 Å². The highest BCUT2D eigenvalue weighted by Gasteiger charge is 2.13. The van der Waals surface area contributed by atoms with Crippen LogP contribution in [-0.2, 0) is 0 Å². The van der Waals surface area contributed by atoms with E-state index in [4.69, 9.17) is 5.73 Å². The first-order chi connectivity index (χ1) is 7.85. The van der Waals surface area contributed by atoms with E-state index in [0.29, 0.717) is 5.95 Å². The van der Waals surface area contributed by atoms with Crippen molar-refractivity contribution in [3.05, 3.63) is 10.9 Å². The fourth-order valence-electron chi connectivity index (χ4n) is 1.54. The van der Waals surface area contributed by atoms with Gasteiger partial charge in [-0.25, -0.2) is 4.98 Å². The predicted molar refractivity (Wildman–Crippen MR) is 74.5 cm³/mol. The molecule has 0 atom stereocenters. The molecule has 0 saturated heterocycles. The topological polar surface area (TPSA) is 63.8 Å². The van der Waals surface area contributed by atoms with Crippen molar-refractivity contribution in [2.75, 3.05) is 17.6 Å². The minimum absolute atomic E-state index is 0.205. The van der Waals surface area contributed by atoms with Crippen LogP contribution in [0.5, 0.6) is 0 Å². The van der Waals surface area contributed by atoms with E-state index in [2.05, 4.69) is 49.0 Å². The normalized spacial score (nSPS) is 12.0. The van der Waals surface area contributed by atoms with E-state index >= 15 is 0 Å². The molecule has 2 rings (SSSR count). The van der Waals surface area contributed by atoms with Crippen molar-refractivity contribution < 1.29 is 0 Å². The zero-order valence-electron chi connectivity index (χ0n) is 10.7. The number of thiophene rings is 1. The second-order valence-corrected chi connectivity index (χ2v) is 6.66. The maximum absolute atomic E-state index is 5.72. The lowest BCUT2D eigenvalue weighted by Gasteiger charge is -2.19. The highest BCUT2D eigenvalue weighted by Crippen LogP contribution is 2.29. The van der Waals surface area contributed by atoms with E-state index in [0.717, 1.165) is 22.6 Å². The van der Waals surface area contributed by atoms with Crippen LogP contribution in [0.3, 0.4) is 0 Å². The number of rotatable bonds is 2. The molecule has 0 bridgehead atoms. The van der Waals surface area contributed by atoms with Crippen LogP contribution in [0.15, 0.2) is 6.07 Å². The van der Waals surface area contributed by atoms with Crippen LogP contribution < -0.4 is 11.1 Å². The van der Waals surface area contributed by atoms with Crippen LogP contribution in [-0.4, -0.2) is 16.5 Å². The highest BCUT2D eigenvalue weighted by molar-refractivity contribution is 7.18. The minimum Gasteiger partial charge on any atom is -0.369 e. The summed E-state index contributed by atoms with van der Waals surface area (Å²) in [5.74, 6) is 1.17. The molecular weight excluding hydrogens is 232 g/mol. The Bertz CT molecular complexity index is 539. The first-order valence-electron chi connectivity index (χ1n) is 5.63. The summed E-state index contributed by atoms with van der Waals surface area (Å²) in [6, 6.07) is 2.10. The Morgan fingerprint density at radius 2 is 2.06 bits per heavy atom. The Hall–Kier alpha value is -1.36. The molecule has 0 saturated carbocycles. The lowest BCUT2D eigenvalue weighted by Crippen LogP contribution is -2.20. The molecule has 0 fully saturated rings. The summed E-state index contributed by atoms with van der Waals surface area (Å²) in [5, 5.41) is 4.42. The van der Waals surface area contributed by atoms with Gasteiger partial charge in [-0.05, 0) is 18.4 Å². The lowest BCUT2D eigenvalue weighted by molar-refractivity contribution is 0.442. The van der Waals surface area contributed by atoms with Crippen LogP contribution in [0.1, 0.15) is 25.6 Å². The molecule has 5 heteroatoms. The summed E-state index contributed by atoms with van der Waals surface area (Å²) in [6.45, 7) is 9.46. The minimum atomic E-state index is 0.205. The molecule has 2 heterocycles. The molecule has 0 aliphatic carbocycles. The van der Waals surface area contributed by atoms with Gasteiger partial charge in [-0.3, -0.25) is 0 Å². The number of hydrogen-bond donors (Lipinski definition) is 2. The average Bonchev–Trinajstić information content (AvgIpc) is 2.53. The molecule has 0 radical (unpaired) electrons. The predicted octanol–water partition coefficient (Wildman–Crippen LogP) is 3.04. The van der Waals surface area contributed by atoms with Crippen LogP contribution in [0, 0.1) is 12.3 Å². The fourth-order valence-corrected chi connectivity index (χ4v) is 2.43. The summed E-state index contributed by atoms with van der Waals surface area (Å²) in [6.07, 6.45) is 0. The number of fused-ring (bicyclic) bond motifs is 1. The van der Waals surface area contributed by atoms with Crippen molar-refractivity contribution in [2.24, 2.45) is 5.41 Å². The van der Waals surface area contributed by atoms with Gasteiger partial charge in [-0.1, -0.05) is 20.8 Å². The second-order valence-electron chi connectivity index (χ2n) is 5.42. The molecule has 17 heavy (non-hydrogen) atoms. The Morgan fingerprint density at radius 1 is 1.35 bits per heavy atom. The maximum atomic E-state index is 5.72. The monoisotopic (exact) mass is 250 g/mol. The van der Waals surface area contributed by atoms with Gasteiger partial charge in [0.1, 0.15) is 10.6 Å². The number of nitrogens with zero attached hydrogens (tertiary/aromatic N) is 2. The van der Waals surface area contributed by atoms with Gasteiger partial charge in [-0.15, -0.1) is 11.3 Å². The third-order valence-electron chi connectivity index (χ3n) is 2.32. The standard InChI is InChI=1S/C12H18N4S/c1-7-5-8-9(14-6-12(2,3)4)15-11(13)16-10(8)17-7/h5H,6H2,1-4H3,(H3,13,14,15,16). The molecule has 4 nitrogen and oxygen atoms in total. The lowest BCUT2D eigenvalue weighted by atomic mass is 9.97. The number of aromatic nitrogens is 2. The summed E-state index contributed by atoms with van der Waals surface area (Å²) < 4.78 is 0. The molecule has 0 unspecified atom stereocenters. The van der Waals surface area contributed by atoms with Crippen LogP contribution in [0.25, 0.3) is 10.2 Å². The van der Waals surface area contributed by atoms with Crippen molar-refractivity contribution in [3.8, 4) is 0 Å². The van der Waals surface area contributed by atoms with E-state index in [1.54, 1.807) is 11.3 Å². The summed E-state index contributed by atoms with van der Waals surface area (Å²) in [5.41, 5.74) is 5.92. The van der Waals surface area contributed by atoms with Crippen LogP contribution in [0.4, 0.5) is 11.8 Å². The Labute approximate surface area is 105 Å². The van der Waals surface area contributed by atoms with Crippen molar-refractivity contribution in [3.63, 3.8) is 0 Å². The third-order valence-corrected chi connectivity index (χ3v) is 3.26. The number of nitrogens with one attached hydrogen (secondary N) is 1. The zero-order chi connectivity index (χ0) is 12.6. The van der Waals surface area contributed by atoms with E-state index in [1.807, 2.05) is 0 Å². The number of aryl methyl sites for hydroxylation is 1. The van der Waals surface area contributed by atoms with Gasteiger partial charge < -0.3 is 11.1 Å².